The van der Waals surface area contributed by atoms with E-state index >= 15 is 0 Å². The van der Waals surface area contributed by atoms with Gasteiger partial charge in [-0.3, -0.25) is 0 Å². The molecular weight excluding hydrogens is 152 g/mol. The van der Waals surface area contributed by atoms with E-state index in [0.717, 1.165) is 13.2 Å². The molecule has 0 radical (unpaired) electrons. The van der Waals surface area contributed by atoms with Crippen molar-refractivity contribution in [1.29, 1.82) is 0 Å². The summed E-state index contributed by atoms with van der Waals surface area (Å²) in [5.74, 6) is 0.209. The topological polar surface area (TPSA) is 18.5 Å². The molecule has 0 aromatic carbocycles. The summed E-state index contributed by atoms with van der Waals surface area (Å²) in [6.45, 7) is 12.1. The van der Waals surface area contributed by atoms with E-state index < -0.39 is 0 Å². The molecule has 0 bridgehead atoms. The summed E-state index contributed by atoms with van der Waals surface area (Å²) in [4.78, 5) is 0. The van der Waals surface area contributed by atoms with E-state index in [1.54, 1.807) is 0 Å². The fourth-order valence-electron chi connectivity index (χ4n) is 2.02. The van der Waals surface area contributed by atoms with Crippen LogP contribution in [0.25, 0.3) is 0 Å². The highest BCUT2D eigenvalue weighted by Gasteiger charge is 2.71. The first kappa shape index (κ1) is 10.0. The van der Waals surface area contributed by atoms with Crippen LogP contribution in [0.3, 0.4) is 0 Å². The molecule has 1 unspecified atom stereocenters. The first-order chi connectivity index (χ1) is 5.53. The molecular formula is C10H20O2. The molecule has 1 saturated carbocycles. The maximum absolute atomic E-state index is 5.69. The first-order valence-electron chi connectivity index (χ1n) is 4.80. The molecule has 1 aliphatic rings. The Morgan fingerprint density at radius 2 is 1.42 bits per heavy atom. The molecule has 0 N–H and O–H groups in total. The van der Waals surface area contributed by atoms with Gasteiger partial charge >= 0.3 is 0 Å². The fraction of sp³-hybridized carbons (Fsp3) is 1.00. The van der Waals surface area contributed by atoms with Crippen LogP contribution in [0.2, 0.25) is 0 Å². The van der Waals surface area contributed by atoms with Crippen molar-refractivity contribution in [2.75, 3.05) is 13.2 Å². The van der Waals surface area contributed by atoms with Crippen LogP contribution in [0.5, 0.6) is 0 Å². The summed E-state index contributed by atoms with van der Waals surface area (Å²) in [5.41, 5.74) is 0.180. The van der Waals surface area contributed by atoms with Crippen LogP contribution in [0.15, 0.2) is 0 Å². The summed E-state index contributed by atoms with van der Waals surface area (Å²) in [5, 5.41) is 0. The van der Waals surface area contributed by atoms with Gasteiger partial charge in [-0.25, -0.2) is 0 Å². The standard InChI is InChI=1S/C10H20O2/c1-6-11-10(12-7-2)8(3)9(10,4)5/h8H,6-7H2,1-5H3. The van der Waals surface area contributed by atoms with Crippen molar-refractivity contribution in [3.8, 4) is 0 Å². The van der Waals surface area contributed by atoms with Crippen LogP contribution in [0.4, 0.5) is 0 Å². The summed E-state index contributed by atoms with van der Waals surface area (Å²) in [6.07, 6.45) is 0. The SMILES string of the molecule is CCOC1(OCC)C(C)C1(C)C. The van der Waals surface area contributed by atoms with Gasteiger partial charge in [0.25, 0.3) is 0 Å². The van der Waals surface area contributed by atoms with Gasteiger partial charge in [0.05, 0.1) is 0 Å². The van der Waals surface area contributed by atoms with Gasteiger partial charge in [-0.2, -0.15) is 0 Å². The molecule has 0 heterocycles. The molecule has 72 valence electrons. The Balaban J connectivity index is 2.65. The Bertz CT molecular complexity index is 157. The lowest BCUT2D eigenvalue weighted by atomic mass is 10.1. The second-order valence-corrected chi connectivity index (χ2v) is 3.98. The predicted molar refractivity (Wildman–Crippen MR) is 48.9 cm³/mol. The third-order valence-corrected chi connectivity index (χ3v) is 3.18. The van der Waals surface area contributed by atoms with Gasteiger partial charge in [0.1, 0.15) is 0 Å². The van der Waals surface area contributed by atoms with Crippen molar-refractivity contribution in [2.24, 2.45) is 11.3 Å². The minimum absolute atomic E-state index is 0.180. The minimum atomic E-state index is -0.295. The Hall–Kier alpha value is -0.0800. The smallest absolute Gasteiger partial charge is 0.176 e. The zero-order valence-electron chi connectivity index (χ0n) is 8.81. The maximum atomic E-state index is 5.69. The molecule has 1 aliphatic carbocycles. The second kappa shape index (κ2) is 3.00. The van der Waals surface area contributed by atoms with E-state index in [1.165, 1.54) is 0 Å². The molecule has 0 spiro atoms. The van der Waals surface area contributed by atoms with Gasteiger partial charge in [-0.05, 0) is 13.8 Å². The van der Waals surface area contributed by atoms with Gasteiger partial charge in [0.15, 0.2) is 5.79 Å². The molecule has 0 aromatic heterocycles. The van der Waals surface area contributed by atoms with Crippen molar-refractivity contribution < 1.29 is 9.47 Å². The lowest BCUT2D eigenvalue weighted by Gasteiger charge is -2.20. The Kier molecular flexibility index (Phi) is 2.50. The molecule has 2 heteroatoms. The molecule has 12 heavy (non-hydrogen) atoms. The van der Waals surface area contributed by atoms with Crippen molar-refractivity contribution in [1.82, 2.24) is 0 Å². The molecule has 1 atom stereocenters. The fourth-order valence-corrected chi connectivity index (χ4v) is 2.02. The summed E-state index contributed by atoms with van der Waals surface area (Å²) >= 11 is 0. The van der Waals surface area contributed by atoms with E-state index in [-0.39, 0.29) is 11.2 Å². The first-order valence-corrected chi connectivity index (χ1v) is 4.80. The molecule has 0 aromatic rings. The van der Waals surface area contributed by atoms with Crippen LogP contribution in [-0.4, -0.2) is 19.0 Å². The van der Waals surface area contributed by atoms with Gasteiger partial charge in [0.2, 0.25) is 0 Å². The summed E-state index contributed by atoms with van der Waals surface area (Å²) in [6, 6.07) is 0. The van der Waals surface area contributed by atoms with E-state index in [1.807, 2.05) is 13.8 Å². The van der Waals surface area contributed by atoms with E-state index in [4.69, 9.17) is 9.47 Å². The van der Waals surface area contributed by atoms with Crippen LogP contribution < -0.4 is 0 Å². The van der Waals surface area contributed by atoms with Crippen LogP contribution in [-0.2, 0) is 9.47 Å². The Labute approximate surface area is 75.2 Å². The zero-order chi connectivity index (χ0) is 9.41. The lowest BCUT2D eigenvalue weighted by Crippen LogP contribution is -2.25. The number of rotatable bonds is 4. The highest BCUT2D eigenvalue weighted by atomic mass is 16.7. The molecule has 0 aliphatic heterocycles. The van der Waals surface area contributed by atoms with Crippen molar-refractivity contribution in [3.05, 3.63) is 0 Å². The van der Waals surface area contributed by atoms with Crippen molar-refractivity contribution >= 4 is 0 Å². The largest absolute Gasteiger partial charge is 0.349 e. The Morgan fingerprint density at radius 1 is 1.08 bits per heavy atom. The third kappa shape index (κ3) is 1.09. The normalized spacial score (nSPS) is 30.2. The number of hydrogen-bond acceptors (Lipinski definition) is 2. The van der Waals surface area contributed by atoms with Crippen molar-refractivity contribution in [3.63, 3.8) is 0 Å². The van der Waals surface area contributed by atoms with Crippen LogP contribution in [0, 0.1) is 11.3 Å². The molecule has 0 saturated heterocycles. The predicted octanol–water partition coefficient (Wildman–Crippen LogP) is 2.43. The summed E-state index contributed by atoms with van der Waals surface area (Å²) < 4.78 is 11.4. The van der Waals surface area contributed by atoms with Gasteiger partial charge in [-0.1, -0.05) is 20.8 Å². The third-order valence-electron chi connectivity index (χ3n) is 3.18. The zero-order valence-corrected chi connectivity index (χ0v) is 8.81. The average molecular weight is 172 g/mol. The van der Waals surface area contributed by atoms with Gasteiger partial charge in [0, 0.05) is 24.5 Å². The van der Waals surface area contributed by atoms with Gasteiger partial charge < -0.3 is 9.47 Å². The molecule has 1 fully saturated rings. The van der Waals surface area contributed by atoms with Crippen molar-refractivity contribution in [2.45, 2.75) is 40.4 Å². The quantitative estimate of drug-likeness (QED) is 0.606. The average Bonchev–Trinajstić information content (AvgIpc) is 2.38. The Morgan fingerprint density at radius 3 is 1.58 bits per heavy atom. The van der Waals surface area contributed by atoms with E-state index in [2.05, 4.69) is 20.8 Å². The molecule has 2 nitrogen and oxygen atoms in total. The van der Waals surface area contributed by atoms with E-state index in [9.17, 15) is 0 Å². The van der Waals surface area contributed by atoms with Crippen LogP contribution in [0.1, 0.15) is 34.6 Å². The minimum Gasteiger partial charge on any atom is -0.349 e. The highest BCUT2D eigenvalue weighted by Crippen LogP contribution is 2.64. The number of ether oxygens (including phenoxy) is 2. The maximum Gasteiger partial charge on any atom is 0.176 e. The molecule has 0 amide bonds. The monoisotopic (exact) mass is 172 g/mol. The van der Waals surface area contributed by atoms with E-state index in [0.29, 0.717) is 5.92 Å². The highest BCUT2D eigenvalue weighted by molar-refractivity contribution is 5.12. The van der Waals surface area contributed by atoms with Crippen LogP contribution >= 0.6 is 0 Å². The lowest BCUT2D eigenvalue weighted by molar-refractivity contribution is -0.188. The second-order valence-electron chi connectivity index (χ2n) is 3.98. The molecule has 1 rings (SSSR count). The summed E-state index contributed by atoms with van der Waals surface area (Å²) in [7, 11) is 0. The van der Waals surface area contributed by atoms with Gasteiger partial charge in [-0.15, -0.1) is 0 Å². The number of hydrogen-bond donors (Lipinski definition) is 0.